The molecule has 3 aromatic rings. The molecule has 1 aromatic carbocycles. The first-order valence-electron chi connectivity index (χ1n) is 7.95. The molecule has 0 unspecified atom stereocenters. The molecule has 5 nitrogen and oxygen atoms in total. The number of aryl methyl sites for hydroxylation is 1. The molecule has 0 aliphatic carbocycles. The van der Waals surface area contributed by atoms with Gasteiger partial charge in [0.05, 0.1) is 0 Å². The van der Waals surface area contributed by atoms with Crippen LogP contribution in [0.4, 0.5) is 5.69 Å². The van der Waals surface area contributed by atoms with E-state index in [1.807, 2.05) is 41.7 Å². The van der Waals surface area contributed by atoms with Crippen LogP contribution in [0.5, 0.6) is 0 Å². The number of pyridine rings is 1. The molecule has 4 rings (SSSR count). The average molecular weight is 319 g/mol. The molecule has 0 N–H and O–H groups in total. The number of nitrogens with zero attached hydrogens (tertiary/aromatic N) is 3. The van der Waals surface area contributed by atoms with Gasteiger partial charge in [-0.2, -0.15) is 0 Å². The van der Waals surface area contributed by atoms with E-state index in [2.05, 4.69) is 4.98 Å². The molecule has 1 aliphatic heterocycles. The Bertz CT molecular complexity index is 987. The standard InChI is InChI=1S/C19H17N3O2/c1-12-4-3-5-18-20-16(11-22(12)18)19(24)21-9-8-15-10-14(13(2)23)6-7-17(15)21/h3-7,10-11H,8-9H2,1-2H3. The minimum Gasteiger partial charge on any atom is -0.306 e. The van der Waals surface area contributed by atoms with Crippen LogP contribution in [0.3, 0.4) is 0 Å². The summed E-state index contributed by atoms with van der Waals surface area (Å²) in [5.41, 5.74) is 4.84. The molecule has 0 atom stereocenters. The molecule has 120 valence electrons. The number of aromatic nitrogens is 2. The first-order chi connectivity index (χ1) is 11.5. The molecule has 0 spiro atoms. The number of fused-ring (bicyclic) bond motifs is 2. The van der Waals surface area contributed by atoms with Gasteiger partial charge in [-0.3, -0.25) is 9.59 Å². The third kappa shape index (κ3) is 2.21. The number of imidazole rings is 1. The van der Waals surface area contributed by atoms with Crippen LogP contribution in [0.1, 0.15) is 39.0 Å². The van der Waals surface area contributed by atoms with E-state index in [9.17, 15) is 9.59 Å². The van der Waals surface area contributed by atoms with Crippen LogP contribution >= 0.6 is 0 Å². The Labute approximate surface area is 139 Å². The highest BCUT2D eigenvalue weighted by atomic mass is 16.2. The van der Waals surface area contributed by atoms with E-state index in [0.717, 1.165) is 29.0 Å². The van der Waals surface area contributed by atoms with E-state index in [-0.39, 0.29) is 11.7 Å². The number of carbonyl (C=O) groups is 2. The van der Waals surface area contributed by atoms with Gasteiger partial charge in [0.2, 0.25) is 0 Å². The Balaban J connectivity index is 1.71. The summed E-state index contributed by atoms with van der Waals surface area (Å²) in [6, 6.07) is 11.3. The van der Waals surface area contributed by atoms with Gasteiger partial charge in [-0.15, -0.1) is 0 Å². The fourth-order valence-corrected chi connectivity index (χ4v) is 3.22. The van der Waals surface area contributed by atoms with E-state index in [1.165, 1.54) is 0 Å². The van der Waals surface area contributed by atoms with E-state index < -0.39 is 0 Å². The zero-order valence-corrected chi connectivity index (χ0v) is 13.6. The van der Waals surface area contributed by atoms with Crippen molar-refractivity contribution in [3.05, 3.63) is 65.1 Å². The summed E-state index contributed by atoms with van der Waals surface area (Å²) in [6.45, 7) is 4.15. The summed E-state index contributed by atoms with van der Waals surface area (Å²) in [5, 5.41) is 0. The number of anilines is 1. The van der Waals surface area contributed by atoms with Crippen molar-refractivity contribution in [2.75, 3.05) is 11.4 Å². The van der Waals surface area contributed by atoms with Gasteiger partial charge in [0.1, 0.15) is 11.3 Å². The molecule has 0 bridgehead atoms. The molecule has 24 heavy (non-hydrogen) atoms. The van der Waals surface area contributed by atoms with Crippen molar-refractivity contribution >= 4 is 23.0 Å². The molecule has 1 amide bonds. The quantitative estimate of drug-likeness (QED) is 0.682. The average Bonchev–Trinajstić information content (AvgIpc) is 3.18. The highest BCUT2D eigenvalue weighted by Crippen LogP contribution is 2.30. The Morgan fingerprint density at radius 1 is 1.17 bits per heavy atom. The first-order valence-corrected chi connectivity index (χ1v) is 7.95. The first kappa shape index (κ1) is 14.6. The van der Waals surface area contributed by atoms with Crippen molar-refractivity contribution in [2.45, 2.75) is 20.3 Å². The lowest BCUT2D eigenvalue weighted by molar-refractivity contribution is 0.0983. The number of rotatable bonds is 2. The van der Waals surface area contributed by atoms with E-state index in [1.54, 1.807) is 24.1 Å². The second kappa shape index (κ2) is 5.30. The van der Waals surface area contributed by atoms with E-state index >= 15 is 0 Å². The SMILES string of the molecule is CC(=O)c1ccc2c(c1)CCN2C(=O)c1cn2c(C)cccc2n1. The largest absolute Gasteiger partial charge is 0.306 e. The number of ketones is 1. The fraction of sp³-hybridized carbons (Fsp3) is 0.211. The highest BCUT2D eigenvalue weighted by molar-refractivity contribution is 6.06. The fourth-order valence-electron chi connectivity index (χ4n) is 3.22. The van der Waals surface area contributed by atoms with Crippen molar-refractivity contribution in [1.29, 1.82) is 0 Å². The zero-order valence-electron chi connectivity index (χ0n) is 13.6. The van der Waals surface area contributed by atoms with Crippen LogP contribution in [0.25, 0.3) is 5.65 Å². The highest BCUT2D eigenvalue weighted by Gasteiger charge is 2.27. The van der Waals surface area contributed by atoms with Gasteiger partial charge >= 0.3 is 0 Å². The second-order valence-electron chi connectivity index (χ2n) is 6.13. The summed E-state index contributed by atoms with van der Waals surface area (Å²) in [7, 11) is 0. The molecule has 1 aliphatic rings. The topological polar surface area (TPSA) is 54.7 Å². The Hall–Kier alpha value is -2.95. The molecule has 2 aromatic heterocycles. The van der Waals surface area contributed by atoms with Gasteiger partial charge in [-0.25, -0.2) is 4.98 Å². The summed E-state index contributed by atoms with van der Waals surface area (Å²) in [6.07, 6.45) is 2.55. The predicted molar refractivity (Wildman–Crippen MR) is 91.8 cm³/mol. The maximum Gasteiger partial charge on any atom is 0.278 e. The van der Waals surface area contributed by atoms with Crippen LogP contribution in [0, 0.1) is 6.92 Å². The van der Waals surface area contributed by atoms with Gasteiger partial charge in [0.15, 0.2) is 5.78 Å². The summed E-state index contributed by atoms with van der Waals surface area (Å²) in [5.74, 6) is -0.0640. The molecular formula is C19H17N3O2. The summed E-state index contributed by atoms with van der Waals surface area (Å²) >= 11 is 0. The van der Waals surface area contributed by atoms with Crippen molar-refractivity contribution in [3.63, 3.8) is 0 Å². The Morgan fingerprint density at radius 3 is 2.75 bits per heavy atom. The second-order valence-corrected chi connectivity index (χ2v) is 6.13. The number of amides is 1. The van der Waals surface area contributed by atoms with Crippen molar-refractivity contribution in [3.8, 4) is 0 Å². The van der Waals surface area contributed by atoms with Gasteiger partial charge < -0.3 is 9.30 Å². The maximum atomic E-state index is 12.9. The molecule has 0 saturated carbocycles. The summed E-state index contributed by atoms with van der Waals surface area (Å²) < 4.78 is 1.92. The predicted octanol–water partition coefficient (Wildman–Crippen LogP) is 3.05. The number of hydrogen-bond donors (Lipinski definition) is 0. The molecule has 0 radical (unpaired) electrons. The smallest absolute Gasteiger partial charge is 0.278 e. The minimum atomic E-state index is -0.104. The number of carbonyl (C=O) groups excluding carboxylic acids is 2. The van der Waals surface area contributed by atoms with Crippen LogP contribution in [0.2, 0.25) is 0 Å². The minimum absolute atomic E-state index is 0.0402. The third-order valence-corrected chi connectivity index (χ3v) is 4.54. The number of hydrogen-bond acceptors (Lipinski definition) is 3. The monoisotopic (exact) mass is 319 g/mol. The lowest BCUT2D eigenvalue weighted by atomic mass is 10.1. The zero-order chi connectivity index (χ0) is 16.8. The molecule has 5 heteroatoms. The van der Waals surface area contributed by atoms with Gasteiger partial charge in [-0.05, 0) is 56.2 Å². The lowest BCUT2D eigenvalue weighted by Gasteiger charge is -2.16. The number of benzene rings is 1. The van der Waals surface area contributed by atoms with E-state index in [4.69, 9.17) is 0 Å². The van der Waals surface area contributed by atoms with Crippen LogP contribution < -0.4 is 4.90 Å². The third-order valence-electron chi connectivity index (χ3n) is 4.54. The van der Waals surface area contributed by atoms with Crippen LogP contribution in [-0.2, 0) is 6.42 Å². The maximum absolute atomic E-state index is 12.9. The van der Waals surface area contributed by atoms with Crippen molar-refractivity contribution in [2.24, 2.45) is 0 Å². The number of Topliss-reactive ketones (excluding diaryl/α,β-unsaturated/α-hetero) is 1. The van der Waals surface area contributed by atoms with E-state index in [0.29, 0.717) is 17.8 Å². The van der Waals surface area contributed by atoms with Crippen LogP contribution in [0.15, 0.2) is 42.6 Å². The molecular weight excluding hydrogens is 302 g/mol. The Morgan fingerprint density at radius 2 is 2.00 bits per heavy atom. The lowest BCUT2D eigenvalue weighted by Crippen LogP contribution is -2.29. The Kier molecular flexibility index (Phi) is 3.23. The molecule has 0 saturated heterocycles. The molecule has 3 heterocycles. The van der Waals surface area contributed by atoms with Gasteiger partial charge in [0.25, 0.3) is 5.91 Å². The van der Waals surface area contributed by atoms with Crippen LogP contribution in [-0.4, -0.2) is 27.6 Å². The van der Waals surface area contributed by atoms with Gasteiger partial charge in [-0.1, -0.05) is 6.07 Å². The normalized spacial score (nSPS) is 13.3. The van der Waals surface area contributed by atoms with Crippen molar-refractivity contribution < 1.29 is 9.59 Å². The summed E-state index contributed by atoms with van der Waals surface area (Å²) in [4.78, 5) is 30.6. The van der Waals surface area contributed by atoms with Crippen molar-refractivity contribution in [1.82, 2.24) is 9.38 Å². The molecule has 0 fully saturated rings. The van der Waals surface area contributed by atoms with Gasteiger partial charge in [0, 0.05) is 29.7 Å².